The quantitative estimate of drug-likeness (QED) is 0.438. The minimum Gasteiger partial charge on any atom is -0.355 e. The van der Waals surface area contributed by atoms with E-state index in [1.807, 2.05) is 7.05 Å². The van der Waals surface area contributed by atoms with Crippen LogP contribution < -0.4 is 10.2 Å². The zero-order valence-corrected chi connectivity index (χ0v) is 17.2. The van der Waals surface area contributed by atoms with Crippen LogP contribution in [0.4, 0.5) is 5.69 Å². The fraction of sp³-hybridized carbons (Fsp3) is 0.611. The second kappa shape index (κ2) is 9.58. The van der Waals surface area contributed by atoms with Crippen LogP contribution >= 0.6 is 24.0 Å². The van der Waals surface area contributed by atoms with Crippen molar-refractivity contribution in [2.24, 2.45) is 4.99 Å². The zero-order chi connectivity index (χ0) is 16.1. The minimum absolute atomic E-state index is 0. The number of aliphatic imine (C=N–C) groups is 1. The van der Waals surface area contributed by atoms with Crippen LogP contribution in [0.5, 0.6) is 0 Å². The molecule has 0 atom stereocenters. The lowest BCUT2D eigenvalue weighted by atomic mass is 10.2. The molecule has 0 amide bonds. The van der Waals surface area contributed by atoms with Gasteiger partial charge in [0.05, 0.1) is 0 Å². The molecule has 5 nitrogen and oxygen atoms in total. The van der Waals surface area contributed by atoms with E-state index in [1.54, 1.807) is 0 Å². The Hall–Kier alpha value is -0.860. The van der Waals surface area contributed by atoms with Gasteiger partial charge < -0.3 is 15.1 Å². The van der Waals surface area contributed by atoms with E-state index in [9.17, 15) is 0 Å². The van der Waals surface area contributed by atoms with Crippen LogP contribution in [0.3, 0.4) is 0 Å². The van der Waals surface area contributed by atoms with Crippen LogP contribution in [0, 0.1) is 0 Å². The summed E-state index contributed by atoms with van der Waals surface area (Å²) in [5.74, 6) is 1.00. The molecule has 0 aromatic heterocycles. The number of rotatable bonds is 4. The van der Waals surface area contributed by atoms with E-state index in [0.29, 0.717) is 0 Å². The molecule has 1 aromatic carbocycles. The number of likely N-dealkylation sites (N-methyl/N-ethyl adjacent to an activating group) is 1. The van der Waals surface area contributed by atoms with Gasteiger partial charge in [0, 0.05) is 58.5 Å². The molecule has 1 aromatic rings. The normalized spacial score (nSPS) is 19.1. The van der Waals surface area contributed by atoms with Gasteiger partial charge in [-0.05, 0) is 24.6 Å². The number of guanidine groups is 1. The largest absolute Gasteiger partial charge is 0.355 e. The van der Waals surface area contributed by atoms with Gasteiger partial charge in [-0.25, -0.2) is 0 Å². The van der Waals surface area contributed by atoms with Crippen molar-refractivity contribution in [2.45, 2.75) is 13.3 Å². The first-order valence-corrected chi connectivity index (χ1v) is 8.82. The maximum absolute atomic E-state index is 4.48. The van der Waals surface area contributed by atoms with Crippen molar-refractivity contribution in [3.63, 3.8) is 0 Å². The molecule has 1 fully saturated rings. The van der Waals surface area contributed by atoms with E-state index in [2.05, 4.69) is 56.2 Å². The van der Waals surface area contributed by atoms with Crippen LogP contribution in [0.15, 0.2) is 29.3 Å². The summed E-state index contributed by atoms with van der Waals surface area (Å²) in [6.45, 7) is 11.2. The van der Waals surface area contributed by atoms with Gasteiger partial charge in [0.25, 0.3) is 0 Å². The van der Waals surface area contributed by atoms with Crippen molar-refractivity contribution in [3.8, 4) is 0 Å². The smallest absolute Gasteiger partial charge is 0.198 e. The van der Waals surface area contributed by atoms with Gasteiger partial charge in [-0.3, -0.25) is 9.89 Å². The van der Waals surface area contributed by atoms with Crippen molar-refractivity contribution >= 4 is 35.6 Å². The first-order valence-electron chi connectivity index (χ1n) is 8.82. The van der Waals surface area contributed by atoms with Crippen molar-refractivity contribution < 1.29 is 0 Å². The molecule has 6 heteroatoms. The third-order valence-electron chi connectivity index (χ3n) is 4.98. The third kappa shape index (κ3) is 4.61. The molecule has 3 rings (SSSR count). The van der Waals surface area contributed by atoms with E-state index in [0.717, 1.165) is 32.0 Å². The van der Waals surface area contributed by atoms with E-state index in [-0.39, 0.29) is 24.0 Å². The Kier molecular flexibility index (Phi) is 7.77. The number of halogens is 1. The van der Waals surface area contributed by atoms with Crippen molar-refractivity contribution in [1.82, 2.24) is 15.1 Å². The Morgan fingerprint density at radius 2 is 1.79 bits per heavy atom. The Morgan fingerprint density at radius 1 is 1.08 bits per heavy atom. The highest BCUT2D eigenvalue weighted by Gasteiger charge is 2.22. The molecule has 0 radical (unpaired) electrons. The summed E-state index contributed by atoms with van der Waals surface area (Å²) in [5.41, 5.74) is 2.73. The number of hydrogen-bond donors (Lipinski definition) is 1. The average molecular weight is 443 g/mol. The molecule has 0 unspecified atom stereocenters. The Balaban J connectivity index is 0.00000208. The number of para-hydroxylation sites is 1. The Morgan fingerprint density at radius 3 is 2.50 bits per heavy atom. The molecule has 24 heavy (non-hydrogen) atoms. The molecule has 134 valence electrons. The number of nitrogens with one attached hydrogen (secondary N) is 1. The molecule has 2 aliphatic heterocycles. The number of piperazine rings is 1. The van der Waals surface area contributed by atoms with Gasteiger partial charge in [-0.2, -0.15) is 0 Å². The summed E-state index contributed by atoms with van der Waals surface area (Å²) in [6, 6.07) is 8.64. The number of hydrogen-bond acceptors (Lipinski definition) is 3. The topological polar surface area (TPSA) is 34.1 Å². The molecule has 2 aliphatic rings. The number of fused-ring (bicyclic) bond motifs is 1. The summed E-state index contributed by atoms with van der Waals surface area (Å²) in [7, 11) is 1.88. The van der Waals surface area contributed by atoms with Crippen LogP contribution in [-0.2, 0) is 6.42 Å². The molecule has 1 saturated heterocycles. The first-order chi connectivity index (χ1) is 11.3. The van der Waals surface area contributed by atoms with Gasteiger partial charge in [-0.15, -0.1) is 24.0 Å². The molecule has 2 heterocycles. The van der Waals surface area contributed by atoms with E-state index < -0.39 is 0 Å². The average Bonchev–Trinajstić information content (AvgIpc) is 3.03. The third-order valence-corrected chi connectivity index (χ3v) is 4.98. The lowest BCUT2D eigenvalue weighted by Crippen LogP contribution is -2.49. The molecular formula is C18H30IN5. The minimum atomic E-state index is 0. The summed E-state index contributed by atoms with van der Waals surface area (Å²) >= 11 is 0. The maximum atomic E-state index is 4.48. The fourth-order valence-electron chi connectivity index (χ4n) is 3.51. The second-order valence-corrected chi connectivity index (χ2v) is 6.28. The molecule has 1 N–H and O–H groups in total. The Labute approximate surface area is 163 Å². The second-order valence-electron chi connectivity index (χ2n) is 6.28. The maximum Gasteiger partial charge on any atom is 0.198 e. The van der Waals surface area contributed by atoms with Crippen LogP contribution in [-0.4, -0.2) is 75.2 Å². The predicted molar refractivity (Wildman–Crippen MR) is 113 cm³/mol. The van der Waals surface area contributed by atoms with Gasteiger partial charge in [0.15, 0.2) is 5.96 Å². The zero-order valence-electron chi connectivity index (χ0n) is 14.9. The first kappa shape index (κ1) is 19.5. The van der Waals surface area contributed by atoms with Gasteiger partial charge in [-0.1, -0.05) is 25.1 Å². The van der Waals surface area contributed by atoms with Crippen molar-refractivity contribution in [1.29, 1.82) is 0 Å². The number of nitrogens with zero attached hydrogens (tertiary/aromatic N) is 4. The summed E-state index contributed by atoms with van der Waals surface area (Å²) in [4.78, 5) is 11.9. The van der Waals surface area contributed by atoms with Crippen molar-refractivity contribution in [3.05, 3.63) is 29.8 Å². The Bertz CT molecular complexity index is 540. The predicted octanol–water partition coefficient (Wildman–Crippen LogP) is 1.88. The standard InChI is InChI=1S/C18H29N5.HI/c1-3-21-12-14-22(15-13-21)11-9-20-18(19-2)23-10-8-16-6-4-5-7-17(16)23;/h4-7H,3,8-15H2,1-2H3,(H,19,20);1H. The van der Waals surface area contributed by atoms with Gasteiger partial charge in [0.1, 0.15) is 0 Å². The van der Waals surface area contributed by atoms with Crippen LogP contribution in [0.25, 0.3) is 0 Å². The highest BCUT2D eigenvalue weighted by molar-refractivity contribution is 14.0. The number of benzene rings is 1. The van der Waals surface area contributed by atoms with Crippen molar-refractivity contribution in [2.75, 3.05) is 64.3 Å². The van der Waals surface area contributed by atoms with E-state index >= 15 is 0 Å². The summed E-state index contributed by atoms with van der Waals surface area (Å²) < 4.78 is 0. The van der Waals surface area contributed by atoms with Crippen LogP contribution in [0.1, 0.15) is 12.5 Å². The van der Waals surface area contributed by atoms with Gasteiger partial charge >= 0.3 is 0 Å². The summed E-state index contributed by atoms with van der Waals surface area (Å²) in [5, 5.41) is 3.55. The highest BCUT2D eigenvalue weighted by Crippen LogP contribution is 2.27. The molecule has 0 saturated carbocycles. The molecule has 0 aliphatic carbocycles. The summed E-state index contributed by atoms with van der Waals surface area (Å²) in [6.07, 6.45) is 1.11. The van der Waals surface area contributed by atoms with Gasteiger partial charge in [0.2, 0.25) is 0 Å². The SMILES string of the molecule is CCN1CCN(CCNC(=NC)N2CCc3ccccc32)CC1.I. The lowest BCUT2D eigenvalue weighted by Gasteiger charge is -2.34. The molecule has 0 spiro atoms. The highest BCUT2D eigenvalue weighted by atomic mass is 127. The fourth-order valence-corrected chi connectivity index (χ4v) is 3.51. The number of anilines is 1. The van der Waals surface area contributed by atoms with E-state index in [4.69, 9.17) is 0 Å². The van der Waals surface area contributed by atoms with E-state index in [1.165, 1.54) is 44.0 Å². The lowest BCUT2D eigenvalue weighted by molar-refractivity contribution is 0.139. The van der Waals surface area contributed by atoms with Crippen LogP contribution in [0.2, 0.25) is 0 Å². The molecular weight excluding hydrogens is 413 g/mol. The monoisotopic (exact) mass is 443 g/mol. The molecule has 0 bridgehead atoms.